The van der Waals surface area contributed by atoms with Gasteiger partial charge in [0.05, 0.1) is 6.61 Å². The highest BCUT2D eigenvalue weighted by atomic mass is 79.9. The van der Waals surface area contributed by atoms with Crippen molar-refractivity contribution < 1.29 is 9.15 Å². The van der Waals surface area contributed by atoms with Crippen molar-refractivity contribution in [1.82, 2.24) is 5.32 Å². The summed E-state index contributed by atoms with van der Waals surface area (Å²) in [5.74, 6) is 1.60. The monoisotopic (exact) mass is 337 g/mol. The fraction of sp³-hybridized carbons (Fsp3) is 0.500. The molecule has 1 N–H and O–H groups in total. The molecular weight excluding hydrogens is 318 g/mol. The normalized spacial score (nSPS) is 23.6. The summed E-state index contributed by atoms with van der Waals surface area (Å²) < 4.78 is 12.9. The van der Waals surface area contributed by atoms with Gasteiger partial charge in [-0.15, -0.1) is 0 Å². The Morgan fingerprint density at radius 3 is 2.90 bits per heavy atom. The van der Waals surface area contributed by atoms with Gasteiger partial charge in [0.1, 0.15) is 17.4 Å². The largest absolute Gasteiger partial charge is 0.458 e. The Kier molecular flexibility index (Phi) is 4.15. The van der Waals surface area contributed by atoms with Crippen LogP contribution in [0.4, 0.5) is 0 Å². The van der Waals surface area contributed by atoms with Gasteiger partial charge in [0.25, 0.3) is 0 Å². The van der Waals surface area contributed by atoms with Crippen LogP contribution in [-0.2, 0) is 4.74 Å². The number of hydrogen-bond acceptors (Lipinski definition) is 3. The highest BCUT2D eigenvalue weighted by Gasteiger charge is 2.25. The van der Waals surface area contributed by atoms with E-state index in [4.69, 9.17) is 9.15 Å². The molecule has 1 fully saturated rings. The van der Waals surface area contributed by atoms with Gasteiger partial charge in [0, 0.05) is 22.4 Å². The maximum Gasteiger partial charge on any atom is 0.135 e. The summed E-state index contributed by atoms with van der Waals surface area (Å²) in [5.41, 5.74) is 0.913. The predicted octanol–water partition coefficient (Wildman–Crippen LogP) is 4.27. The van der Waals surface area contributed by atoms with Gasteiger partial charge >= 0.3 is 0 Å². The standard InChI is InChI=1S/C16H20BrNO2/c1-10(2)5-13-9-19-16(8-18-13)15-7-11-6-12(17)3-4-14(11)20-15/h3-4,6-7,10,13,16,18H,5,8-9H2,1-2H3. The van der Waals surface area contributed by atoms with Crippen LogP contribution in [0.1, 0.15) is 32.1 Å². The van der Waals surface area contributed by atoms with E-state index in [0.717, 1.165) is 40.8 Å². The third-order valence-corrected chi connectivity index (χ3v) is 4.15. The molecule has 0 bridgehead atoms. The summed E-state index contributed by atoms with van der Waals surface area (Å²) in [6.07, 6.45) is 1.17. The minimum absolute atomic E-state index is 0.0181. The van der Waals surface area contributed by atoms with E-state index in [1.807, 2.05) is 12.1 Å². The molecule has 2 unspecified atom stereocenters. The van der Waals surface area contributed by atoms with E-state index in [2.05, 4.69) is 47.2 Å². The molecule has 20 heavy (non-hydrogen) atoms. The van der Waals surface area contributed by atoms with Crippen LogP contribution in [-0.4, -0.2) is 19.2 Å². The van der Waals surface area contributed by atoms with Gasteiger partial charge in [0.15, 0.2) is 0 Å². The Labute approximate surface area is 127 Å². The third kappa shape index (κ3) is 3.08. The average molecular weight is 338 g/mol. The Bertz CT molecular complexity index is 585. The molecular formula is C16H20BrNO2. The zero-order valence-electron chi connectivity index (χ0n) is 11.9. The van der Waals surface area contributed by atoms with Gasteiger partial charge < -0.3 is 14.5 Å². The second-order valence-electron chi connectivity index (χ2n) is 5.89. The first-order chi connectivity index (χ1) is 9.61. The molecule has 3 rings (SSSR count). The molecule has 1 aromatic carbocycles. The Morgan fingerprint density at radius 1 is 1.35 bits per heavy atom. The summed E-state index contributed by atoms with van der Waals surface area (Å²) in [7, 11) is 0. The second kappa shape index (κ2) is 5.88. The first-order valence-electron chi connectivity index (χ1n) is 7.16. The molecule has 1 saturated heterocycles. The fourth-order valence-electron chi connectivity index (χ4n) is 2.72. The molecule has 108 valence electrons. The second-order valence-corrected chi connectivity index (χ2v) is 6.80. The van der Waals surface area contributed by atoms with Crippen LogP contribution in [0, 0.1) is 5.92 Å². The molecule has 0 saturated carbocycles. The molecule has 1 aliphatic rings. The van der Waals surface area contributed by atoms with Crippen molar-refractivity contribution >= 4 is 26.9 Å². The van der Waals surface area contributed by atoms with Crippen molar-refractivity contribution in [2.45, 2.75) is 32.4 Å². The van der Waals surface area contributed by atoms with Crippen molar-refractivity contribution in [3.05, 3.63) is 34.5 Å². The van der Waals surface area contributed by atoms with Gasteiger partial charge in [-0.3, -0.25) is 0 Å². The first kappa shape index (κ1) is 14.1. The average Bonchev–Trinajstić information content (AvgIpc) is 2.81. The topological polar surface area (TPSA) is 34.4 Å². The zero-order valence-corrected chi connectivity index (χ0v) is 13.4. The van der Waals surface area contributed by atoms with Crippen molar-refractivity contribution in [2.24, 2.45) is 5.92 Å². The van der Waals surface area contributed by atoms with Crippen LogP contribution < -0.4 is 5.32 Å². The maximum atomic E-state index is 5.97. The van der Waals surface area contributed by atoms with E-state index in [1.54, 1.807) is 0 Å². The van der Waals surface area contributed by atoms with Crippen molar-refractivity contribution in [2.75, 3.05) is 13.2 Å². The predicted molar refractivity (Wildman–Crippen MR) is 83.9 cm³/mol. The van der Waals surface area contributed by atoms with E-state index in [0.29, 0.717) is 12.0 Å². The summed E-state index contributed by atoms with van der Waals surface area (Å²) in [6, 6.07) is 8.59. The van der Waals surface area contributed by atoms with Crippen LogP contribution in [0.15, 0.2) is 33.2 Å². The van der Waals surface area contributed by atoms with Crippen molar-refractivity contribution in [1.29, 1.82) is 0 Å². The fourth-order valence-corrected chi connectivity index (χ4v) is 3.10. The molecule has 0 spiro atoms. The molecule has 0 aliphatic carbocycles. The van der Waals surface area contributed by atoms with Crippen LogP contribution in [0.25, 0.3) is 11.0 Å². The number of furan rings is 1. The summed E-state index contributed by atoms with van der Waals surface area (Å²) >= 11 is 3.48. The number of benzene rings is 1. The number of ether oxygens (including phenoxy) is 1. The Balaban J connectivity index is 1.70. The number of fused-ring (bicyclic) bond motifs is 1. The molecule has 0 amide bonds. The smallest absolute Gasteiger partial charge is 0.135 e. The lowest BCUT2D eigenvalue weighted by Gasteiger charge is -2.30. The molecule has 2 aromatic rings. The molecule has 1 aromatic heterocycles. The van der Waals surface area contributed by atoms with Gasteiger partial charge in [-0.1, -0.05) is 29.8 Å². The quantitative estimate of drug-likeness (QED) is 0.908. The molecule has 3 nitrogen and oxygen atoms in total. The van der Waals surface area contributed by atoms with E-state index in [9.17, 15) is 0 Å². The first-order valence-corrected chi connectivity index (χ1v) is 7.95. The minimum atomic E-state index is 0.0181. The van der Waals surface area contributed by atoms with E-state index in [-0.39, 0.29) is 6.10 Å². The van der Waals surface area contributed by atoms with Gasteiger partial charge in [-0.25, -0.2) is 0 Å². The molecule has 4 heteroatoms. The SMILES string of the molecule is CC(C)CC1COC(c2cc3cc(Br)ccc3o2)CN1. The number of morpholine rings is 1. The Morgan fingerprint density at radius 2 is 2.20 bits per heavy atom. The number of hydrogen-bond donors (Lipinski definition) is 1. The highest BCUT2D eigenvalue weighted by molar-refractivity contribution is 9.10. The molecule has 2 atom stereocenters. The Hall–Kier alpha value is -0.840. The summed E-state index contributed by atoms with van der Waals surface area (Å²) in [6.45, 7) is 6.05. The number of rotatable bonds is 3. The summed E-state index contributed by atoms with van der Waals surface area (Å²) in [5, 5.41) is 4.67. The minimum Gasteiger partial charge on any atom is -0.458 e. The van der Waals surface area contributed by atoms with Crippen molar-refractivity contribution in [3.63, 3.8) is 0 Å². The lowest BCUT2D eigenvalue weighted by Crippen LogP contribution is -2.43. The van der Waals surface area contributed by atoms with E-state index < -0.39 is 0 Å². The summed E-state index contributed by atoms with van der Waals surface area (Å²) in [4.78, 5) is 0. The lowest BCUT2D eigenvalue weighted by molar-refractivity contribution is -0.0118. The highest BCUT2D eigenvalue weighted by Crippen LogP contribution is 2.29. The van der Waals surface area contributed by atoms with Gasteiger partial charge in [0.2, 0.25) is 0 Å². The van der Waals surface area contributed by atoms with Crippen molar-refractivity contribution in [3.8, 4) is 0 Å². The van der Waals surface area contributed by atoms with Gasteiger partial charge in [-0.05, 0) is 36.6 Å². The number of nitrogens with one attached hydrogen (secondary N) is 1. The zero-order chi connectivity index (χ0) is 14.1. The maximum absolute atomic E-state index is 5.97. The molecule has 0 radical (unpaired) electrons. The van der Waals surface area contributed by atoms with Crippen LogP contribution in [0.2, 0.25) is 0 Å². The lowest BCUT2D eigenvalue weighted by atomic mass is 10.0. The van der Waals surface area contributed by atoms with Crippen LogP contribution in [0.5, 0.6) is 0 Å². The van der Waals surface area contributed by atoms with Crippen LogP contribution in [0.3, 0.4) is 0 Å². The van der Waals surface area contributed by atoms with Crippen LogP contribution >= 0.6 is 15.9 Å². The van der Waals surface area contributed by atoms with Gasteiger partial charge in [-0.2, -0.15) is 0 Å². The van der Waals surface area contributed by atoms with E-state index >= 15 is 0 Å². The van der Waals surface area contributed by atoms with E-state index in [1.165, 1.54) is 0 Å². The molecule has 1 aliphatic heterocycles. The molecule has 2 heterocycles. The third-order valence-electron chi connectivity index (χ3n) is 3.66. The number of halogens is 1.